The lowest BCUT2D eigenvalue weighted by atomic mass is 10.2. The van der Waals surface area contributed by atoms with Gasteiger partial charge in [-0.05, 0) is 31.9 Å². The fourth-order valence-corrected chi connectivity index (χ4v) is 3.60. The third-order valence-electron chi connectivity index (χ3n) is 2.97. The van der Waals surface area contributed by atoms with Crippen LogP contribution in [0.2, 0.25) is 0 Å². The highest BCUT2D eigenvalue weighted by Gasteiger charge is 2.35. The molecule has 0 spiro atoms. The maximum absolute atomic E-state index is 12.3. The minimum absolute atomic E-state index is 0.241. The van der Waals surface area contributed by atoms with E-state index in [9.17, 15) is 13.2 Å². The predicted octanol–water partition coefficient (Wildman–Crippen LogP) is 1.26. The molecule has 0 N–H and O–H groups in total. The number of hydrogen-bond acceptors (Lipinski definition) is 3. The minimum Gasteiger partial charge on any atom is -0.289 e. The van der Waals surface area contributed by atoms with Gasteiger partial charge >= 0.3 is 0 Å². The predicted molar refractivity (Wildman–Crippen MR) is 63.8 cm³/mol. The highest BCUT2D eigenvalue weighted by Crippen LogP contribution is 2.25. The smallest absolute Gasteiger partial charge is 0.243 e. The van der Waals surface area contributed by atoms with Crippen LogP contribution in [-0.4, -0.2) is 31.6 Å². The van der Waals surface area contributed by atoms with E-state index in [0.29, 0.717) is 19.4 Å². The SMILES string of the molecule is Cc1ccc(S(=O)(=O)N2CCC[C@@H]2[C]=O)cc1. The van der Waals surface area contributed by atoms with E-state index in [1.807, 2.05) is 6.92 Å². The van der Waals surface area contributed by atoms with Gasteiger partial charge in [0.25, 0.3) is 0 Å². The molecule has 0 aromatic heterocycles. The number of hydrogen-bond donors (Lipinski definition) is 0. The van der Waals surface area contributed by atoms with Gasteiger partial charge < -0.3 is 0 Å². The van der Waals surface area contributed by atoms with E-state index in [2.05, 4.69) is 0 Å². The Labute approximate surface area is 101 Å². The van der Waals surface area contributed by atoms with Crippen LogP contribution < -0.4 is 0 Å². The Bertz CT molecular complexity index is 507. The lowest BCUT2D eigenvalue weighted by Gasteiger charge is -2.19. The Hall–Kier alpha value is -1.20. The van der Waals surface area contributed by atoms with Crippen LogP contribution in [0.15, 0.2) is 29.2 Å². The Morgan fingerprint density at radius 1 is 1.29 bits per heavy atom. The van der Waals surface area contributed by atoms with Crippen molar-refractivity contribution in [3.05, 3.63) is 29.8 Å². The highest BCUT2D eigenvalue weighted by molar-refractivity contribution is 7.89. The third kappa shape index (κ3) is 2.25. The summed E-state index contributed by atoms with van der Waals surface area (Å²) >= 11 is 0. The number of rotatable bonds is 3. The van der Waals surface area contributed by atoms with Crippen molar-refractivity contribution in [2.45, 2.75) is 30.7 Å². The van der Waals surface area contributed by atoms with Gasteiger partial charge in [0.1, 0.15) is 0 Å². The summed E-state index contributed by atoms with van der Waals surface area (Å²) in [6, 6.07) is 6.03. The van der Waals surface area contributed by atoms with E-state index < -0.39 is 16.1 Å². The fourth-order valence-electron chi connectivity index (χ4n) is 1.99. The van der Waals surface area contributed by atoms with E-state index in [1.54, 1.807) is 30.6 Å². The van der Waals surface area contributed by atoms with Crippen molar-refractivity contribution in [1.29, 1.82) is 0 Å². The van der Waals surface area contributed by atoms with E-state index in [0.717, 1.165) is 5.56 Å². The molecular weight excluding hydrogens is 238 g/mol. The summed E-state index contributed by atoms with van der Waals surface area (Å²) in [5, 5.41) is 0. The van der Waals surface area contributed by atoms with Gasteiger partial charge in [-0.2, -0.15) is 4.31 Å². The van der Waals surface area contributed by atoms with Crippen LogP contribution >= 0.6 is 0 Å². The van der Waals surface area contributed by atoms with Gasteiger partial charge in [-0.3, -0.25) is 4.79 Å². The molecule has 1 aromatic carbocycles. The summed E-state index contributed by atoms with van der Waals surface area (Å²) in [6.45, 7) is 2.30. The van der Waals surface area contributed by atoms with Crippen LogP contribution in [-0.2, 0) is 14.8 Å². The molecule has 1 saturated heterocycles. The second kappa shape index (κ2) is 4.58. The molecule has 0 bridgehead atoms. The summed E-state index contributed by atoms with van der Waals surface area (Å²) in [6.07, 6.45) is 3.08. The molecule has 1 atom stereocenters. The molecule has 1 aromatic rings. The van der Waals surface area contributed by atoms with Crippen LogP contribution in [0.3, 0.4) is 0 Å². The van der Waals surface area contributed by atoms with E-state index >= 15 is 0 Å². The summed E-state index contributed by atoms with van der Waals surface area (Å²) in [7, 11) is -3.55. The number of aryl methyl sites for hydroxylation is 1. The summed E-state index contributed by atoms with van der Waals surface area (Å²) in [5.41, 5.74) is 1.00. The molecule has 1 fully saturated rings. The highest BCUT2D eigenvalue weighted by atomic mass is 32.2. The molecule has 5 heteroatoms. The van der Waals surface area contributed by atoms with Crippen molar-refractivity contribution in [3.63, 3.8) is 0 Å². The van der Waals surface area contributed by atoms with Gasteiger partial charge in [0.05, 0.1) is 10.9 Å². The maximum atomic E-state index is 12.3. The number of carbonyl (C=O) groups excluding carboxylic acids is 1. The molecule has 1 aliphatic heterocycles. The molecule has 0 saturated carbocycles. The van der Waals surface area contributed by atoms with E-state index in [-0.39, 0.29) is 4.90 Å². The molecule has 1 heterocycles. The normalized spacial score (nSPS) is 21.6. The zero-order valence-electron chi connectivity index (χ0n) is 9.59. The molecular formula is C12H14NO3S. The molecule has 17 heavy (non-hydrogen) atoms. The van der Waals surface area contributed by atoms with E-state index in [1.165, 1.54) is 4.31 Å². The van der Waals surface area contributed by atoms with E-state index in [4.69, 9.17) is 0 Å². The standard InChI is InChI=1S/C12H14NO3S/c1-10-4-6-12(7-5-10)17(15,16)13-8-2-3-11(13)9-14/h4-7,11H,2-3,8H2,1H3/t11-/m1/s1. The van der Waals surface area contributed by atoms with Crippen LogP contribution in [0, 0.1) is 6.92 Å². The average Bonchev–Trinajstić information content (AvgIpc) is 2.78. The van der Waals surface area contributed by atoms with Crippen molar-refractivity contribution < 1.29 is 13.2 Å². The fraction of sp³-hybridized carbons (Fsp3) is 0.417. The molecule has 0 unspecified atom stereocenters. The minimum atomic E-state index is -3.55. The largest absolute Gasteiger partial charge is 0.289 e. The number of sulfonamides is 1. The maximum Gasteiger partial charge on any atom is 0.243 e. The molecule has 4 nitrogen and oxygen atoms in total. The average molecular weight is 252 g/mol. The monoisotopic (exact) mass is 252 g/mol. The Morgan fingerprint density at radius 2 is 1.94 bits per heavy atom. The van der Waals surface area contributed by atoms with Gasteiger partial charge in [-0.1, -0.05) is 17.7 Å². The third-order valence-corrected chi connectivity index (χ3v) is 4.89. The first-order valence-electron chi connectivity index (χ1n) is 5.52. The molecule has 0 amide bonds. The van der Waals surface area contributed by atoms with Gasteiger partial charge in [-0.25, -0.2) is 8.42 Å². The zero-order valence-corrected chi connectivity index (χ0v) is 10.4. The van der Waals surface area contributed by atoms with Crippen LogP contribution in [0.4, 0.5) is 0 Å². The van der Waals surface area contributed by atoms with Crippen molar-refractivity contribution in [2.75, 3.05) is 6.54 Å². The van der Waals surface area contributed by atoms with Gasteiger partial charge in [0, 0.05) is 6.54 Å². The number of nitrogens with zero attached hydrogens (tertiary/aromatic N) is 1. The molecule has 1 radical (unpaired) electrons. The molecule has 1 aliphatic rings. The van der Waals surface area contributed by atoms with Gasteiger partial charge in [-0.15, -0.1) is 0 Å². The Balaban J connectivity index is 2.36. The zero-order chi connectivity index (χ0) is 12.5. The van der Waals surface area contributed by atoms with Crippen LogP contribution in [0.1, 0.15) is 18.4 Å². The number of benzene rings is 1. The topological polar surface area (TPSA) is 54.5 Å². The lowest BCUT2D eigenvalue weighted by Crippen LogP contribution is -2.36. The van der Waals surface area contributed by atoms with Gasteiger partial charge in [0.15, 0.2) is 0 Å². The van der Waals surface area contributed by atoms with Crippen molar-refractivity contribution >= 4 is 16.3 Å². The van der Waals surface area contributed by atoms with Crippen LogP contribution in [0.25, 0.3) is 0 Å². The second-order valence-electron chi connectivity index (χ2n) is 4.20. The summed E-state index contributed by atoms with van der Waals surface area (Å²) in [5.74, 6) is 0. The molecule has 91 valence electrons. The van der Waals surface area contributed by atoms with Crippen molar-refractivity contribution in [3.8, 4) is 0 Å². The Kier molecular flexibility index (Phi) is 3.31. The summed E-state index contributed by atoms with van der Waals surface area (Å²) in [4.78, 5) is 11.0. The van der Waals surface area contributed by atoms with Gasteiger partial charge in [0.2, 0.25) is 16.3 Å². The first-order chi connectivity index (χ1) is 8.05. The lowest BCUT2D eigenvalue weighted by molar-refractivity contribution is 0.426. The van der Waals surface area contributed by atoms with Crippen molar-refractivity contribution in [1.82, 2.24) is 4.31 Å². The molecule has 0 aliphatic carbocycles. The van der Waals surface area contributed by atoms with Crippen LogP contribution in [0.5, 0.6) is 0 Å². The summed E-state index contributed by atoms with van der Waals surface area (Å²) < 4.78 is 25.8. The first kappa shape index (κ1) is 12.3. The second-order valence-corrected chi connectivity index (χ2v) is 6.10. The van der Waals surface area contributed by atoms with Crippen molar-refractivity contribution in [2.24, 2.45) is 0 Å². The Morgan fingerprint density at radius 3 is 2.53 bits per heavy atom. The first-order valence-corrected chi connectivity index (χ1v) is 6.96. The molecule has 2 rings (SSSR count). The quantitative estimate of drug-likeness (QED) is 0.813.